The van der Waals surface area contributed by atoms with Crippen molar-refractivity contribution in [2.24, 2.45) is 11.7 Å². The molecular formula is C14H20FN. The average molecular weight is 221 g/mol. The largest absolute Gasteiger partial charge is 0.321 e. The topological polar surface area (TPSA) is 26.0 Å². The maximum atomic E-state index is 13.2. The number of benzene rings is 1. The Morgan fingerprint density at radius 3 is 2.81 bits per heavy atom. The molecule has 0 aromatic heterocycles. The van der Waals surface area contributed by atoms with Gasteiger partial charge < -0.3 is 5.73 Å². The first-order valence-corrected chi connectivity index (χ1v) is 6.10. The van der Waals surface area contributed by atoms with Gasteiger partial charge in [0.15, 0.2) is 0 Å². The fraction of sp³-hybridized carbons (Fsp3) is 0.571. The molecule has 88 valence electrons. The first-order chi connectivity index (χ1) is 7.55. The third-order valence-electron chi connectivity index (χ3n) is 3.96. The lowest BCUT2D eigenvalue weighted by atomic mass is 9.87. The summed E-state index contributed by atoms with van der Waals surface area (Å²) in [5.74, 6) is 0.591. The Morgan fingerprint density at radius 1 is 1.50 bits per heavy atom. The molecule has 1 aliphatic rings. The van der Waals surface area contributed by atoms with E-state index < -0.39 is 0 Å². The Kier molecular flexibility index (Phi) is 3.02. The van der Waals surface area contributed by atoms with Crippen molar-refractivity contribution in [1.29, 1.82) is 0 Å². The van der Waals surface area contributed by atoms with E-state index in [4.69, 9.17) is 5.73 Å². The van der Waals surface area contributed by atoms with Crippen molar-refractivity contribution in [2.75, 3.05) is 0 Å². The highest BCUT2D eigenvalue weighted by atomic mass is 19.1. The molecule has 0 saturated heterocycles. The van der Waals surface area contributed by atoms with E-state index in [1.807, 2.05) is 12.1 Å². The highest BCUT2D eigenvalue weighted by Gasteiger charge is 2.36. The number of nitrogens with two attached hydrogens (primary N) is 1. The molecule has 2 unspecified atom stereocenters. The van der Waals surface area contributed by atoms with Crippen LogP contribution in [0.5, 0.6) is 0 Å². The van der Waals surface area contributed by atoms with E-state index in [1.54, 1.807) is 13.0 Å². The smallest absolute Gasteiger partial charge is 0.126 e. The third-order valence-corrected chi connectivity index (χ3v) is 3.96. The van der Waals surface area contributed by atoms with E-state index in [0.717, 1.165) is 24.3 Å². The summed E-state index contributed by atoms with van der Waals surface area (Å²) in [5.41, 5.74) is 8.02. The minimum atomic E-state index is -0.223. The van der Waals surface area contributed by atoms with Gasteiger partial charge in [-0.1, -0.05) is 25.5 Å². The SMILES string of the molecule is CCC1CCC(N)(c2ccc(F)c(C)c2)C1. The van der Waals surface area contributed by atoms with Gasteiger partial charge >= 0.3 is 0 Å². The van der Waals surface area contributed by atoms with Gasteiger partial charge in [0.2, 0.25) is 0 Å². The first kappa shape index (κ1) is 11.6. The van der Waals surface area contributed by atoms with Crippen LogP contribution in [0.1, 0.15) is 43.7 Å². The van der Waals surface area contributed by atoms with Crippen molar-refractivity contribution >= 4 is 0 Å². The van der Waals surface area contributed by atoms with Crippen LogP contribution < -0.4 is 5.73 Å². The number of rotatable bonds is 2. The molecule has 1 aromatic carbocycles. The summed E-state index contributed by atoms with van der Waals surface area (Å²) in [5, 5.41) is 0. The molecule has 2 N–H and O–H groups in total. The van der Waals surface area contributed by atoms with Crippen LogP contribution in [0.15, 0.2) is 18.2 Å². The molecule has 0 bridgehead atoms. The van der Waals surface area contributed by atoms with Crippen LogP contribution in [-0.4, -0.2) is 0 Å². The molecule has 1 aliphatic carbocycles. The number of halogens is 1. The van der Waals surface area contributed by atoms with E-state index >= 15 is 0 Å². The fourth-order valence-corrected chi connectivity index (χ4v) is 2.75. The van der Waals surface area contributed by atoms with Crippen LogP contribution >= 0.6 is 0 Å². The molecule has 1 fully saturated rings. The van der Waals surface area contributed by atoms with Crippen molar-refractivity contribution < 1.29 is 4.39 Å². The molecule has 1 aromatic rings. The Labute approximate surface area is 96.9 Å². The van der Waals surface area contributed by atoms with Crippen molar-refractivity contribution in [2.45, 2.75) is 45.1 Å². The van der Waals surface area contributed by atoms with Crippen LogP contribution in [0.25, 0.3) is 0 Å². The number of hydrogen-bond acceptors (Lipinski definition) is 1. The molecular weight excluding hydrogens is 201 g/mol. The van der Waals surface area contributed by atoms with E-state index in [0.29, 0.717) is 5.56 Å². The summed E-state index contributed by atoms with van der Waals surface area (Å²) in [6.45, 7) is 4.01. The first-order valence-electron chi connectivity index (χ1n) is 6.10. The van der Waals surface area contributed by atoms with Crippen LogP contribution in [0.2, 0.25) is 0 Å². The minimum absolute atomic E-state index is 0.141. The summed E-state index contributed by atoms with van der Waals surface area (Å²) in [6.07, 6.45) is 4.45. The molecule has 2 rings (SSSR count). The lowest BCUT2D eigenvalue weighted by Gasteiger charge is -2.25. The Bertz CT molecular complexity index is 388. The molecule has 1 nitrogen and oxygen atoms in total. The van der Waals surface area contributed by atoms with Crippen LogP contribution in [-0.2, 0) is 5.54 Å². The summed E-state index contributed by atoms with van der Waals surface area (Å²) in [6, 6.07) is 5.30. The van der Waals surface area contributed by atoms with Crippen LogP contribution in [0.3, 0.4) is 0 Å². The zero-order valence-corrected chi connectivity index (χ0v) is 10.1. The van der Waals surface area contributed by atoms with Crippen molar-refractivity contribution in [3.63, 3.8) is 0 Å². The molecule has 0 heterocycles. The molecule has 2 heteroatoms. The van der Waals surface area contributed by atoms with Crippen LogP contribution in [0, 0.1) is 18.7 Å². The fourth-order valence-electron chi connectivity index (χ4n) is 2.75. The summed E-state index contributed by atoms with van der Waals surface area (Å²) < 4.78 is 13.2. The van der Waals surface area contributed by atoms with Gasteiger partial charge in [-0.05, 0) is 49.3 Å². The van der Waals surface area contributed by atoms with Gasteiger partial charge in [-0.15, -0.1) is 0 Å². The Balaban J connectivity index is 2.27. The van der Waals surface area contributed by atoms with Gasteiger partial charge in [0, 0.05) is 5.54 Å². The average Bonchev–Trinajstić information content (AvgIpc) is 2.66. The molecule has 1 saturated carbocycles. The third kappa shape index (κ3) is 1.99. The second-order valence-corrected chi connectivity index (χ2v) is 5.14. The molecule has 0 spiro atoms. The van der Waals surface area contributed by atoms with E-state index in [2.05, 4.69) is 6.92 Å². The highest BCUT2D eigenvalue weighted by Crippen LogP contribution is 2.41. The number of hydrogen-bond donors (Lipinski definition) is 1. The zero-order chi connectivity index (χ0) is 11.8. The lowest BCUT2D eigenvalue weighted by Crippen LogP contribution is -2.33. The van der Waals surface area contributed by atoms with Crippen molar-refractivity contribution in [3.8, 4) is 0 Å². The lowest BCUT2D eigenvalue weighted by molar-refractivity contribution is 0.423. The molecule has 0 amide bonds. The molecule has 2 atom stereocenters. The van der Waals surface area contributed by atoms with Gasteiger partial charge in [-0.2, -0.15) is 0 Å². The molecule has 16 heavy (non-hydrogen) atoms. The monoisotopic (exact) mass is 221 g/mol. The van der Waals surface area contributed by atoms with Gasteiger partial charge in [0.1, 0.15) is 5.82 Å². The van der Waals surface area contributed by atoms with Gasteiger partial charge in [0.05, 0.1) is 0 Å². The normalized spacial score (nSPS) is 29.6. The predicted molar refractivity (Wildman–Crippen MR) is 64.6 cm³/mol. The summed E-state index contributed by atoms with van der Waals surface area (Å²) in [4.78, 5) is 0. The van der Waals surface area contributed by atoms with E-state index in [9.17, 15) is 4.39 Å². The number of aryl methyl sites for hydroxylation is 1. The predicted octanol–water partition coefficient (Wildman–Crippen LogP) is 3.50. The summed E-state index contributed by atoms with van der Waals surface area (Å²) >= 11 is 0. The molecule has 0 radical (unpaired) electrons. The van der Waals surface area contributed by atoms with E-state index in [1.165, 1.54) is 12.8 Å². The Morgan fingerprint density at radius 2 is 2.25 bits per heavy atom. The highest BCUT2D eigenvalue weighted by molar-refractivity contribution is 5.30. The maximum Gasteiger partial charge on any atom is 0.126 e. The maximum absolute atomic E-state index is 13.2. The Hall–Kier alpha value is -0.890. The summed E-state index contributed by atoms with van der Waals surface area (Å²) in [7, 11) is 0. The minimum Gasteiger partial charge on any atom is -0.321 e. The zero-order valence-electron chi connectivity index (χ0n) is 10.1. The van der Waals surface area contributed by atoms with Crippen molar-refractivity contribution in [3.05, 3.63) is 35.1 Å². The second-order valence-electron chi connectivity index (χ2n) is 5.14. The van der Waals surface area contributed by atoms with Gasteiger partial charge in [-0.3, -0.25) is 0 Å². The standard InChI is InChI=1S/C14H20FN/c1-3-11-6-7-14(16,9-11)12-4-5-13(15)10(2)8-12/h4-5,8,11H,3,6-7,9,16H2,1-2H3. The van der Waals surface area contributed by atoms with Gasteiger partial charge in [0.25, 0.3) is 0 Å². The second kappa shape index (κ2) is 4.17. The van der Waals surface area contributed by atoms with E-state index in [-0.39, 0.29) is 11.4 Å². The molecule has 0 aliphatic heterocycles. The quantitative estimate of drug-likeness (QED) is 0.812. The van der Waals surface area contributed by atoms with Crippen LogP contribution in [0.4, 0.5) is 4.39 Å². The van der Waals surface area contributed by atoms with Crippen molar-refractivity contribution in [1.82, 2.24) is 0 Å². The van der Waals surface area contributed by atoms with Gasteiger partial charge in [-0.25, -0.2) is 4.39 Å².